The third-order valence-electron chi connectivity index (χ3n) is 4.03. The zero-order chi connectivity index (χ0) is 15.7. The molecule has 3 rings (SSSR count). The molecule has 22 heavy (non-hydrogen) atoms. The van der Waals surface area contributed by atoms with Crippen molar-refractivity contribution < 1.29 is 9.13 Å². The van der Waals surface area contributed by atoms with Crippen LogP contribution in [0.15, 0.2) is 30.3 Å². The maximum atomic E-state index is 13.4. The molecule has 116 valence electrons. The third kappa shape index (κ3) is 3.13. The largest absolute Gasteiger partial charge is 0.494 e. The molecular weight excluding hydrogens is 369 g/mol. The van der Waals surface area contributed by atoms with Crippen molar-refractivity contribution >= 4 is 27.5 Å². The molecule has 1 heterocycles. The molecule has 1 fully saturated rings. The molecule has 5 heteroatoms. The number of rotatable bonds is 5. The normalized spacial score (nSPS) is 15.6. The molecule has 0 saturated heterocycles. The van der Waals surface area contributed by atoms with Gasteiger partial charge in [0.05, 0.1) is 12.1 Å². The maximum Gasteiger partial charge on any atom is 0.145 e. The second kappa shape index (κ2) is 6.55. The van der Waals surface area contributed by atoms with Gasteiger partial charge in [-0.2, -0.15) is 0 Å². The number of alkyl halides is 1. The summed E-state index contributed by atoms with van der Waals surface area (Å²) < 4.78 is 18.8. The van der Waals surface area contributed by atoms with Crippen LogP contribution in [-0.2, 0) is 0 Å². The minimum atomic E-state index is -0.433. The highest BCUT2D eigenvalue weighted by atomic mass is 79.9. The lowest BCUT2D eigenvalue weighted by Gasteiger charge is -2.16. The van der Waals surface area contributed by atoms with Gasteiger partial charge in [-0.25, -0.2) is 9.37 Å². The van der Waals surface area contributed by atoms with Crippen LogP contribution in [0.1, 0.15) is 24.5 Å². The first-order valence-corrected chi connectivity index (χ1v) is 8.70. The van der Waals surface area contributed by atoms with E-state index in [9.17, 15) is 4.39 Å². The molecule has 0 aliphatic heterocycles. The summed E-state index contributed by atoms with van der Waals surface area (Å²) in [5.74, 6) is 1.33. The number of ether oxygens (including phenoxy) is 1. The van der Waals surface area contributed by atoms with Gasteiger partial charge in [0.2, 0.25) is 0 Å². The van der Waals surface area contributed by atoms with Gasteiger partial charge < -0.3 is 4.74 Å². The summed E-state index contributed by atoms with van der Waals surface area (Å²) in [5, 5.41) is 0.978. The van der Waals surface area contributed by atoms with Crippen LogP contribution in [0.3, 0.4) is 0 Å². The minimum absolute atomic E-state index is 0.0889. The summed E-state index contributed by atoms with van der Waals surface area (Å²) in [4.78, 5) is 4.78. The van der Waals surface area contributed by atoms with Gasteiger partial charge in [0.25, 0.3) is 0 Å². The van der Waals surface area contributed by atoms with E-state index in [0.717, 1.165) is 16.6 Å². The van der Waals surface area contributed by atoms with Gasteiger partial charge >= 0.3 is 0 Å². The van der Waals surface area contributed by atoms with Crippen LogP contribution in [0, 0.1) is 11.7 Å². The standard InChI is InChI=1S/C17H16BrClFNO/c1-22-16-7-6-15(12(9-18)10-2-3-10)21-17(16)11-4-5-14(20)13(19)8-11/h4-8,10,12H,2-3,9H2,1H3. The van der Waals surface area contributed by atoms with E-state index >= 15 is 0 Å². The van der Waals surface area contributed by atoms with Gasteiger partial charge in [0.1, 0.15) is 17.3 Å². The van der Waals surface area contributed by atoms with E-state index in [0.29, 0.717) is 23.3 Å². The van der Waals surface area contributed by atoms with Crippen LogP contribution in [0.2, 0.25) is 5.02 Å². The van der Waals surface area contributed by atoms with Crippen LogP contribution in [0.4, 0.5) is 4.39 Å². The molecule has 1 aromatic carbocycles. The summed E-state index contributed by atoms with van der Waals surface area (Å²) in [5.41, 5.74) is 2.50. The Bertz CT molecular complexity index is 690. The van der Waals surface area contributed by atoms with Gasteiger partial charge in [0, 0.05) is 22.5 Å². The Balaban J connectivity index is 2.05. The van der Waals surface area contributed by atoms with Crippen LogP contribution in [0.25, 0.3) is 11.3 Å². The number of aromatic nitrogens is 1. The maximum absolute atomic E-state index is 13.4. The van der Waals surface area contributed by atoms with E-state index in [1.54, 1.807) is 19.2 Å². The fraction of sp³-hybridized carbons (Fsp3) is 0.353. The van der Waals surface area contributed by atoms with Crippen molar-refractivity contribution in [2.75, 3.05) is 12.4 Å². The van der Waals surface area contributed by atoms with Crippen molar-refractivity contribution in [1.82, 2.24) is 4.98 Å². The summed E-state index contributed by atoms with van der Waals surface area (Å²) in [7, 11) is 1.61. The molecule has 1 aliphatic carbocycles. The monoisotopic (exact) mass is 383 g/mol. The van der Waals surface area contributed by atoms with Crippen LogP contribution >= 0.6 is 27.5 Å². The number of benzene rings is 1. The molecule has 0 bridgehead atoms. The lowest BCUT2D eigenvalue weighted by atomic mass is 10.00. The van der Waals surface area contributed by atoms with E-state index in [1.165, 1.54) is 18.9 Å². The number of halogens is 3. The number of hydrogen-bond acceptors (Lipinski definition) is 2. The van der Waals surface area contributed by atoms with Crippen molar-refractivity contribution in [3.05, 3.63) is 46.9 Å². The van der Waals surface area contributed by atoms with E-state index < -0.39 is 5.82 Å². The number of pyridine rings is 1. The lowest BCUT2D eigenvalue weighted by Crippen LogP contribution is -2.06. The topological polar surface area (TPSA) is 22.1 Å². The van der Waals surface area contributed by atoms with Crippen molar-refractivity contribution in [1.29, 1.82) is 0 Å². The number of methoxy groups -OCH3 is 1. The molecule has 1 unspecified atom stereocenters. The van der Waals surface area contributed by atoms with E-state index in [1.807, 2.05) is 12.1 Å². The molecule has 1 aromatic heterocycles. The predicted octanol–water partition coefficient (Wildman–Crippen LogP) is 5.44. The zero-order valence-electron chi connectivity index (χ0n) is 12.2. The molecule has 1 atom stereocenters. The third-order valence-corrected chi connectivity index (χ3v) is 5.02. The predicted molar refractivity (Wildman–Crippen MR) is 90.5 cm³/mol. The summed E-state index contributed by atoms with van der Waals surface area (Å²) in [6.45, 7) is 0. The molecule has 2 nitrogen and oxygen atoms in total. The van der Waals surface area contributed by atoms with E-state index in [4.69, 9.17) is 21.3 Å². The van der Waals surface area contributed by atoms with Gasteiger partial charge in [-0.3, -0.25) is 0 Å². The van der Waals surface area contributed by atoms with Gasteiger partial charge in [-0.1, -0.05) is 27.5 Å². The molecule has 0 amide bonds. The highest BCUT2D eigenvalue weighted by Gasteiger charge is 2.32. The van der Waals surface area contributed by atoms with Crippen molar-refractivity contribution in [3.63, 3.8) is 0 Å². The quantitative estimate of drug-likeness (QED) is 0.641. The van der Waals surface area contributed by atoms with Crippen molar-refractivity contribution in [3.8, 4) is 17.0 Å². The lowest BCUT2D eigenvalue weighted by molar-refractivity contribution is 0.414. The molecule has 0 N–H and O–H groups in total. The van der Waals surface area contributed by atoms with Gasteiger partial charge in [-0.05, 0) is 49.1 Å². The Kier molecular flexibility index (Phi) is 4.69. The Morgan fingerprint density at radius 1 is 1.36 bits per heavy atom. The molecule has 2 aromatic rings. The Morgan fingerprint density at radius 2 is 2.14 bits per heavy atom. The first-order valence-electron chi connectivity index (χ1n) is 7.20. The molecule has 1 saturated carbocycles. The van der Waals surface area contributed by atoms with Crippen LogP contribution < -0.4 is 4.74 Å². The number of hydrogen-bond donors (Lipinski definition) is 0. The fourth-order valence-electron chi connectivity index (χ4n) is 2.63. The molecule has 0 spiro atoms. The highest BCUT2D eigenvalue weighted by molar-refractivity contribution is 9.09. The molecule has 0 radical (unpaired) electrons. The Hall–Kier alpha value is -1.13. The molecule has 1 aliphatic rings. The SMILES string of the molecule is COc1ccc(C(CBr)C2CC2)nc1-c1ccc(F)c(Cl)c1. The van der Waals surface area contributed by atoms with Crippen molar-refractivity contribution in [2.45, 2.75) is 18.8 Å². The van der Waals surface area contributed by atoms with Crippen LogP contribution in [-0.4, -0.2) is 17.4 Å². The first-order chi connectivity index (χ1) is 10.6. The number of nitrogens with zero attached hydrogens (tertiary/aromatic N) is 1. The highest BCUT2D eigenvalue weighted by Crippen LogP contribution is 2.44. The summed E-state index contributed by atoms with van der Waals surface area (Å²) in [6.07, 6.45) is 2.50. The summed E-state index contributed by atoms with van der Waals surface area (Å²) in [6, 6.07) is 8.56. The van der Waals surface area contributed by atoms with E-state index in [-0.39, 0.29) is 5.02 Å². The fourth-order valence-corrected chi connectivity index (χ4v) is 3.67. The second-order valence-corrected chi connectivity index (χ2v) is 6.57. The van der Waals surface area contributed by atoms with Gasteiger partial charge in [-0.15, -0.1) is 0 Å². The van der Waals surface area contributed by atoms with E-state index in [2.05, 4.69) is 15.9 Å². The average Bonchev–Trinajstić information content (AvgIpc) is 3.35. The average molecular weight is 385 g/mol. The summed E-state index contributed by atoms with van der Waals surface area (Å²) >= 11 is 9.49. The van der Waals surface area contributed by atoms with Crippen LogP contribution in [0.5, 0.6) is 5.75 Å². The second-order valence-electron chi connectivity index (χ2n) is 5.51. The smallest absolute Gasteiger partial charge is 0.145 e. The Morgan fingerprint density at radius 3 is 2.73 bits per heavy atom. The van der Waals surface area contributed by atoms with Crippen molar-refractivity contribution in [2.24, 2.45) is 5.92 Å². The Labute approximate surface area is 142 Å². The minimum Gasteiger partial charge on any atom is -0.494 e. The molecular formula is C17H16BrClFNO. The first kappa shape index (κ1) is 15.8. The van der Waals surface area contributed by atoms with Gasteiger partial charge in [0.15, 0.2) is 0 Å². The zero-order valence-corrected chi connectivity index (χ0v) is 14.5.